The van der Waals surface area contributed by atoms with E-state index in [1.54, 1.807) is 19.4 Å². The number of amides is 1. The van der Waals surface area contributed by atoms with Crippen molar-refractivity contribution in [1.82, 2.24) is 4.98 Å². The van der Waals surface area contributed by atoms with Crippen LogP contribution in [0.3, 0.4) is 0 Å². The van der Waals surface area contributed by atoms with Gasteiger partial charge in [0.25, 0.3) is 0 Å². The second-order valence-corrected chi connectivity index (χ2v) is 6.29. The van der Waals surface area contributed by atoms with Crippen molar-refractivity contribution in [3.63, 3.8) is 0 Å². The molecule has 1 heterocycles. The summed E-state index contributed by atoms with van der Waals surface area (Å²) in [4.78, 5) is 16.5. The van der Waals surface area contributed by atoms with Crippen LogP contribution in [0.2, 0.25) is 0 Å². The highest BCUT2D eigenvalue weighted by Gasteiger charge is 2.07. The van der Waals surface area contributed by atoms with Crippen molar-refractivity contribution in [1.29, 1.82) is 0 Å². The van der Waals surface area contributed by atoms with E-state index in [1.807, 2.05) is 61.5 Å². The van der Waals surface area contributed by atoms with Gasteiger partial charge >= 0.3 is 0 Å². The molecule has 0 bridgehead atoms. The average Bonchev–Trinajstić information content (AvgIpc) is 2.69. The van der Waals surface area contributed by atoms with Gasteiger partial charge in [0.1, 0.15) is 11.6 Å². The molecule has 2 N–H and O–H groups in total. The summed E-state index contributed by atoms with van der Waals surface area (Å²) in [6, 6.07) is 19.5. The molecule has 5 heteroatoms. The Kier molecular flexibility index (Phi) is 6.05. The molecule has 0 aliphatic carbocycles. The predicted octanol–water partition coefficient (Wildman–Crippen LogP) is 4.19. The van der Waals surface area contributed by atoms with Gasteiger partial charge in [0.2, 0.25) is 5.91 Å². The quantitative estimate of drug-likeness (QED) is 0.662. The van der Waals surface area contributed by atoms with Gasteiger partial charge in [0.05, 0.1) is 25.4 Å². The fraction of sp³-hybridized carbons (Fsp3) is 0.182. The Morgan fingerprint density at radius 2 is 1.81 bits per heavy atom. The van der Waals surface area contributed by atoms with Crippen molar-refractivity contribution in [2.75, 3.05) is 17.7 Å². The Morgan fingerprint density at radius 1 is 1.04 bits per heavy atom. The van der Waals surface area contributed by atoms with E-state index in [9.17, 15) is 4.79 Å². The first-order valence-corrected chi connectivity index (χ1v) is 8.81. The molecule has 5 nitrogen and oxygen atoms in total. The summed E-state index contributed by atoms with van der Waals surface area (Å²) < 4.78 is 5.16. The number of nitrogens with one attached hydrogen (secondary N) is 2. The first kappa shape index (κ1) is 18.5. The molecule has 0 aliphatic heterocycles. The topological polar surface area (TPSA) is 63.2 Å². The van der Waals surface area contributed by atoms with Crippen LogP contribution in [0, 0.1) is 6.92 Å². The average molecular weight is 361 g/mol. The number of aryl methyl sites for hydroxylation is 1. The van der Waals surface area contributed by atoms with Crippen LogP contribution >= 0.6 is 0 Å². The summed E-state index contributed by atoms with van der Waals surface area (Å²) in [5.74, 6) is 1.31. The molecule has 0 saturated carbocycles. The van der Waals surface area contributed by atoms with Gasteiger partial charge in [-0.3, -0.25) is 4.79 Å². The standard InChI is InChI=1S/C22H23N3O2/c1-16-5-3-4-6-18(16)13-22(26)25-21-12-9-19(15-24-21)23-14-17-7-10-20(27-2)11-8-17/h3-12,15,23H,13-14H2,1-2H3,(H,24,25,26). The maximum atomic E-state index is 12.2. The lowest BCUT2D eigenvalue weighted by molar-refractivity contribution is -0.115. The number of carbonyl (C=O) groups excluding carboxylic acids is 1. The van der Waals surface area contributed by atoms with Crippen LogP contribution in [0.4, 0.5) is 11.5 Å². The Bertz CT molecular complexity index is 890. The van der Waals surface area contributed by atoms with E-state index in [-0.39, 0.29) is 5.91 Å². The van der Waals surface area contributed by atoms with E-state index < -0.39 is 0 Å². The number of carbonyl (C=O) groups is 1. The summed E-state index contributed by atoms with van der Waals surface area (Å²) >= 11 is 0. The first-order valence-electron chi connectivity index (χ1n) is 8.81. The van der Waals surface area contributed by atoms with Crippen molar-refractivity contribution in [2.45, 2.75) is 19.9 Å². The normalized spacial score (nSPS) is 10.3. The van der Waals surface area contributed by atoms with Crippen LogP contribution in [0.5, 0.6) is 5.75 Å². The third-order valence-electron chi connectivity index (χ3n) is 4.30. The zero-order chi connectivity index (χ0) is 19.1. The molecule has 1 aromatic heterocycles. The summed E-state index contributed by atoms with van der Waals surface area (Å²) in [6.07, 6.45) is 2.05. The molecule has 3 rings (SSSR count). The van der Waals surface area contributed by atoms with Gasteiger partial charge in [-0.2, -0.15) is 0 Å². The minimum Gasteiger partial charge on any atom is -0.497 e. The van der Waals surface area contributed by atoms with E-state index in [1.165, 1.54) is 0 Å². The summed E-state index contributed by atoms with van der Waals surface area (Å²) in [6.45, 7) is 2.69. The lowest BCUT2D eigenvalue weighted by Gasteiger charge is -2.09. The second-order valence-electron chi connectivity index (χ2n) is 6.29. The van der Waals surface area contributed by atoms with E-state index in [0.29, 0.717) is 18.8 Å². The minimum atomic E-state index is -0.0734. The molecule has 0 unspecified atom stereocenters. The maximum Gasteiger partial charge on any atom is 0.229 e. The van der Waals surface area contributed by atoms with E-state index in [0.717, 1.165) is 28.1 Å². The molecule has 0 radical (unpaired) electrons. The van der Waals surface area contributed by atoms with Crippen molar-refractivity contribution in [2.24, 2.45) is 0 Å². The number of ether oxygens (including phenoxy) is 1. The van der Waals surface area contributed by atoms with Crippen LogP contribution in [0.1, 0.15) is 16.7 Å². The molecule has 138 valence electrons. The highest BCUT2D eigenvalue weighted by Crippen LogP contribution is 2.15. The minimum absolute atomic E-state index is 0.0734. The SMILES string of the molecule is COc1ccc(CNc2ccc(NC(=O)Cc3ccccc3C)nc2)cc1. The summed E-state index contributed by atoms with van der Waals surface area (Å²) in [7, 11) is 1.65. The monoisotopic (exact) mass is 361 g/mol. The summed E-state index contributed by atoms with van der Waals surface area (Å²) in [5.41, 5.74) is 4.17. The zero-order valence-corrected chi connectivity index (χ0v) is 15.5. The van der Waals surface area contributed by atoms with Crippen molar-refractivity contribution in [3.05, 3.63) is 83.6 Å². The van der Waals surface area contributed by atoms with Gasteiger partial charge in [0, 0.05) is 6.54 Å². The van der Waals surface area contributed by atoms with Crippen LogP contribution in [0.25, 0.3) is 0 Å². The van der Waals surface area contributed by atoms with Gasteiger partial charge in [-0.1, -0.05) is 36.4 Å². The van der Waals surface area contributed by atoms with Crippen LogP contribution < -0.4 is 15.4 Å². The number of aromatic nitrogens is 1. The second kappa shape index (κ2) is 8.85. The lowest BCUT2D eigenvalue weighted by Crippen LogP contribution is -2.15. The molecule has 0 aliphatic rings. The number of pyridine rings is 1. The Labute approximate surface area is 159 Å². The predicted molar refractivity (Wildman–Crippen MR) is 108 cm³/mol. The highest BCUT2D eigenvalue weighted by atomic mass is 16.5. The lowest BCUT2D eigenvalue weighted by atomic mass is 10.1. The van der Waals surface area contributed by atoms with Gasteiger partial charge in [-0.15, -0.1) is 0 Å². The molecule has 27 heavy (non-hydrogen) atoms. The number of hydrogen-bond donors (Lipinski definition) is 2. The molecular weight excluding hydrogens is 338 g/mol. The van der Waals surface area contributed by atoms with Crippen molar-refractivity contribution in [3.8, 4) is 5.75 Å². The molecule has 3 aromatic rings. The fourth-order valence-corrected chi connectivity index (χ4v) is 2.69. The number of methoxy groups -OCH3 is 1. The maximum absolute atomic E-state index is 12.2. The van der Waals surface area contributed by atoms with Gasteiger partial charge in [-0.25, -0.2) is 4.98 Å². The third-order valence-corrected chi connectivity index (χ3v) is 4.30. The molecular formula is C22H23N3O2. The van der Waals surface area contributed by atoms with E-state index in [4.69, 9.17) is 4.74 Å². The van der Waals surface area contributed by atoms with Crippen LogP contribution in [-0.2, 0) is 17.8 Å². The van der Waals surface area contributed by atoms with Crippen molar-refractivity contribution < 1.29 is 9.53 Å². The Hall–Kier alpha value is -3.34. The number of rotatable bonds is 7. The highest BCUT2D eigenvalue weighted by molar-refractivity contribution is 5.91. The molecule has 1 amide bonds. The Balaban J connectivity index is 1.52. The zero-order valence-electron chi connectivity index (χ0n) is 15.5. The van der Waals surface area contributed by atoms with Gasteiger partial charge < -0.3 is 15.4 Å². The smallest absolute Gasteiger partial charge is 0.229 e. The van der Waals surface area contributed by atoms with Gasteiger partial charge in [-0.05, 0) is 47.9 Å². The number of benzene rings is 2. The molecule has 0 atom stereocenters. The van der Waals surface area contributed by atoms with E-state index in [2.05, 4.69) is 15.6 Å². The number of anilines is 2. The molecule has 2 aromatic carbocycles. The summed E-state index contributed by atoms with van der Waals surface area (Å²) in [5, 5.41) is 6.15. The Morgan fingerprint density at radius 3 is 2.48 bits per heavy atom. The van der Waals surface area contributed by atoms with Crippen LogP contribution in [-0.4, -0.2) is 18.0 Å². The van der Waals surface area contributed by atoms with Gasteiger partial charge in [0.15, 0.2) is 0 Å². The largest absolute Gasteiger partial charge is 0.497 e. The molecule has 0 fully saturated rings. The van der Waals surface area contributed by atoms with E-state index >= 15 is 0 Å². The molecule has 0 saturated heterocycles. The number of hydrogen-bond acceptors (Lipinski definition) is 4. The first-order chi connectivity index (χ1) is 13.1. The number of nitrogens with zero attached hydrogens (tertiary/aromatic N) is 1. The molecule has 0 spiro atoms. The fourth-order valence-electron chi connectivity index (χ4n) is 2.69. The third kappa shape index (κ3) is 5.31. The van der Waals surface area contributed by atoms with Crippen molar-refractivity contribution >= 4 is 17.4 Å². The van der Waals surface area contributed by atoms with Crippen LogP contribution in [0.15, 0.2) is 66.9 Å².